The summed E-state index contributed by atoms with van der Waals surface area (Å²) in [5.74, 6) is -0.668. The van der Waals surface area contributed by atoms with Gasteiger partial charge in [-0.1, -0.05) is 26.0 Å². The van der Waals surface area contributed by atoms with Crippen molar-refractivity contribution in [2.45, 2.75) is 33.2 Å². The van der Waals surface area contributed by atoms with E-state index >= 15 is 0 Å². The van der Waals surface area contributed by atoms with Crippen molar-refractivity contribution < 1.29 is 14.4 Å². The molecule has 7 heteroatoms. The summed E-state index contributed by atoms with van der Waals surface area (Å²) in [6.45, 7) is 5.97. The average molecular weight is 458 g/mol. The molecule has 2 aromatic rings. The lowest BCUT2D eigenvalue weighted by Gasteiger charge is -2.22. The number of nitrogens with one attached hydrogen (secondary N) is 2. The molecule has 0 bridgehead atoms. The Bertz CT molecular complexity index is 958. The van der Waals surface area contributed by atoms with Crippen molar-refractivity contribution in [2.75, 3.05) is 16.8 Å². The Hall–Kier alpha value is -2.67. The highest BCUT2D eigenvalue weighted by molar-refractivity contribution is 9.10. The van der Waals surface area contributed by atoms with Crippen LogP contribution in [0.5, 0.6) is 0 Å². The first-order valence-corrected chi connectivity index (χ1v) is 10.3. The molecule has 1 heterocycles. The molecule has 152 valence electrons. The van der Waals surface area contributed by atoms with E-state index in [1.165, 1.54) is 0 Å². The monoisotopic (exact) mass is 457 g/mol. The van der Waals surface area contributed by atoms with Gasteiger partial charge < -0.3 is 15.5 Å². The number of halogens is 1. The fraction of sp³-hybridized carbons (Fsp3) is 0.318. The van der Waals surface area contributed by atoms with Gasteiger partial charge in [-0.05, 0) is 64.2 Å². The maximum Gasteiger partial charge on any atom is 0.253 e. The number of hydrogen-bond donors (Lipinski definition) is 2. The Morgan fingerprint density at radius 1 is 1.10 bits per heavy atom. The average Bonchev–Trinajstić information content (AvgIpc) is 3.09. The van der Waals surface area contributed by atoms with Crippen LogP contribution in [0, 0.1) is 5.92 Å². The first-order valence-electron chi connectivity index (χ1n) is 9.55. The Labute approximate surface area is 178 Å². The number of nitrogens with zero attached hydrogens (tertiary/aromatic N) is 1. The van der Waals surface area contributed by atoms with Crippen LogP contribution in [0.25, 0.3) is 0 Å². The zero-order chi connectivity index (χ0) is 21.1. The van der Waals surface area contributed by atoms with Crippen LogP contribution in [0.3, 0.4) is 0 Å². The van der Waals surface area contributed by atoms with Crippen LogP contribution in [-0.2, 0) is 16.0 Å². The molecule has 1 atom stereocenters. The molecule has 2 aromatic carbocycles. The van der Waals surface area contributed by atoms with E-state index in [0.717, 1.165) is 17.7 Å². The van der Waals surface area contributed by atoms with E-state index in [4.69, 9.17) is 0 Å². The number of anilines is 2. The quantitative estimate of drug-likeness (QED) is 0.717. The lowest BCUT2D eigenvalue weighted by Crippen LogP contribution is -2.47. The third-order valence-electron chi connectivity index (χ3n) is 4.98. The summed E-state index contributed by atoms with van der Waals surface area (Å²) in [5.41, 5.74) is 3.04. The summed E-state index contributed by atoms with van der Waals surface area (Å²) in [4.78, 5) is 38.9. The van der Waals surface area contributed by atoms with Crippen molar-refractivity contribution in [3.63, 3.8) is 0 Å². The van der Waals surface area contributed by atoms with Gasteiger partial charge >= 0.3 is 0 Å². The second-order valence-electron chi connectivity index (χ2n) is 7.43. The van der Waals surface area contributed by atoms with Gasteiger partial charge in [-0.3, -0.25) is 14.4 Å². The van der Waals surface area contributed by atoms with Crippen molar-refractivity contribution in [2.24, 2.45) is 5.92 Å². The fourth-order valence-corrected chi connectivity index (χ4v) is 3.89. The number of carbonyl (C=O) groups excluding carboxylic acids is 3. The van der Waals surface area contributed by atoms with E-state index in [1.807, 2.05) is 32.0 Å². The van der Waals surface area contributed by atoms with Crippen LogP contribution >= 0.6 is 15.9 Å². The molecular weight excluding hydrogens is 434 g/mol. The lowest BCUT2D eigenvalue weighted by atomic mass is 10.0. The van der Waals surface area contributed by atoms with Gasteiger partial charge in [0.2, 0.25) is 11.8 Å². The van der Waals surface area contributed by atoms with Crippen LogP contribution in [0.2, 0.25) is 0 Å². The van der Waals surface area contributed by atoms with Gasteiger partial charge in [0, 0.05) is 29.3 Å². The predicted molar refractivity (Wildman–Crippen MR) is 117 cm³/mol. The summed E-state index contributed by atoms with van der Waals surface area (Å²) < 4.78 is 0.675. The van der Waals surface area contributed by atoms with Gasteiger partial charge in [-0.15, -0.1) is 0 Å². The van der Waals surface area contributed by atoms with Crippen molar-refractivity contribution in [3.8, 4) is 0 Å². The van der Waals surface area contributed by atoms with Gasteiger partial charge in [-0.25, -0.2) is 0 Å². The highest BCUT2D eigenvalue weighted by atomic mass is 79.9. The molecule has 1 unspecified atom stereocenters. The Kier molecular flexibility index (Phi) is 6.37. The predicted octanol–water partition coefficient (Wildman–Crippen LogP) is 3.75. The summed E-state index contributed by atoms with van der Waals surface area (Å²) in [6, 6.07) is 11.9. The third kappa shape index (κ3) is 4.67. The molecule has 0 fully saturated rings. The Balaban J connectivity index is 1.73. The van der Waals surface area contributed by atoms with Gasteiger partial charge in [0.25, 0.3) is 5.91 Å². The van der Waals surface area contributed by atoms with Crippen molar-refractivity contribution in [1.29, 1.82) is 0 Å². The van der Waals surface area contributed by atoms with Crippen LogP contribution < -0.4 is 15.5 Å². The summed E-state index contributed by atoms with van der Waals surface area (Å²) in [7, 11) is 0. The van der Waals surface area contributed by atoms with E-state index in [1.54, 1.807) is 36.1 Å². The van der Waals surface area contributed by atoms with Gasteiger partial charge in [0.15, 0.2) is 0 Å². The zero-order valence-corrected chi connectivity index (χ0v) is 18.2. The SMILES string of the molecule is CC(=O)N1CCc2cc(NC(=O)C(NC(=O)c3ccccc3Br)C(C)C)ccc21. The molecule has 0 saturated heterocycles. The van der Waals surface area contributed by atoms with E-state index in [0.29, 0.717) is 22.3 Å². The Morgan fingerprint density at radius 3 is 2.48 bits per heavy atom. The number of benzene rings is 2. The highest BCUT2D eigenvalue weighted by Crippen LogP contribution is 2.30. The van der Waals surface area contributed by atoms with E-state index in [9.17, 15) is 14.4 Å². The lowest BCUT2D eigenvalue weighted by molar-refractivity contribution is -0.119. The van der Waals surface area contributed by atoms with E-state index < -0.39 is 6.04 Å². The molecule has 0 aromatic heterocycles. The molecule has 0 spiro atoms. The molecular formula is C22H24BrN3O3. The molecule has 0 radical (unpaired) electrons. The van der Waals surface area contributed by atoms with Crippen molar-refractivity contribution in [1.82, 2.24) is 5.32 Å². The second-order valence-corrected chi connectivity index (χ2v) is 8.28. The number of fused-ring (bicyclic) bond motifs is 1. The molecule has 2 N–H and O–H groups in total. The molecule has 0 aliphatic carbocycles. The van der Waals surface area contributed by atoms with Crippen molar-refractivity contribution >= 4 is 45.0 Å². The topological polar surface area (TPSA) is 78.5 Å². The minimum absolute atomic E-state index is 0.00944. The first-order chi connectivity index (χ1) is 13.8. The smallest absolute Gasteiger partial charge is 0.253 e. The van der Waals surface area contributed by atoms with Crippen LogP contribution in [0.1, 0.15) is 36.7 Å². The minimum Gasteiger partial charge on any atom is -0.340 e. The molecule has 6 nitrogen and oxygen atoms in total. The molecule has 1 aliphatic heterocycles. The maximum atomic E-state index is 12.9. The number of rotatable bonds is 5. The minimum atomic E-state index is -0.684. The molecule has 3 rings (SSSR count). The Morgan fingerprint density at radius 2 is 1.83 bits per heavy atom. The van der Waals surface area contributed by atoms with Crippen LogP contribution in [0.4, 0.5) is 11.4 Å². The van der Waals surface area contributed by atoms with Crippen LogP contribution in [0.15, 0.2) is 46.9 Å². The van der Waals surface area contributed by atoms with E-state index in [2.05, 4.69) is 26.6 Å². The van der Waals surface area contributed by atoms with Gasteiger partial charge in [-0.2, -0.15) is 0 Å². The number of carbonyl (C=O) groups is 3. The zero-order valence-electron chi connectivity index (χ0n) is 16.7. The largest absolute Gasteiger partial charge is 0.340 e. The highest BCUT2D eigenvalue weighted by Gasteiger charge is 2.27. The standard InChI is InChI=1S/C22H24BrN3O3/c1-13(2)20(25-21(28)17-6-4-5-7-18(17)23)22(29)24-16-8-9-19-15(12-16)10-11-26(19)14(3)27/h4-9,12-13,20H,10-11H2,1-3H3,(H,24,29)(H,25,28). The molecule has 3 amide bonds. The van der Waals surface area contributed by atoms with Gasteiger partial charge in [0.05, 0.1) is 5.56 Å². The second kappa shape index (κ2) is 8.78. The summed E-state index contributed by atoms with van der Waals surface area (Å²) in [6.07, 6.45) is 0.755. The summed E-state index contributed by atoms with van der Waals surface area (Å²) >= 11 is 3.37. The van der Waals surface area contributed by atoms with E-state index in [-0.39, 0.29) is 23.6 Å². The fourth-order valence-electron chi connectivity index (χ4n) is 3.43. The number of amides is 3. The van der Waals surface area contributed by atoms with Gasteiger partial charge in [0.1, 0.15) is 6.04 Å². The molecule has 29 heavy (non-hydrogen) atoms. The molecule has 1 aliphatic rings. The first kappa shape index (κ1) is 21.0. The summed E-state index contributed by atoms with van der Waals surface area (Å²) in [5, 5.41) is 5.73. The number of hydrogen-bond acceptors (Lipinski definition) is 3. The van der Waals surface area contributed by atoms with Crippen molar-refractivity contribution in [3.05, 3.63) is 58.1 Å². The normalized spacial score (nSPS) is 13.8. The molecule has 0 saturated carbocycles. The van der Waals surface area contributed by atoms with Crippen LogP contribution in [-0.4, -0.2) is 30.3 Å². The maximum absolute atomic E-state index is 12.9. The third-order valence-corrected chi connectivity index (χ3v) is 5.67.